The quantitative estimate of drug-likeness (QED) is 0.217. The first-order valence-corrected chi connectivity index (χ1v) is 15.3. The van der Waals surface area contributed by atoms with Gasteiger partial charge >= 0.3 is 12.1 Å². The number of fused-ring (bicyclic) bond motifs is 3. The van der Waals surface area contributed by atoms with Crippen molar-refractivity contribution in [2.45, 2.75) is 57.0 Å². The molecule has 0 spiro atoms. The molecule has 0 bridgehead atoms. The summed E-state index contributed by atoms with van der Waals surface area (Å²) in [6.45, 7) is 6.14. The van der Waals surface area contributed by atoms with Gasteiger partial charge in [0.15, 0.2) is 0 Å². The fourth-order valence-corrected chi connectivity index (χ4v) is 6.16. The van der Waals surface area contributed by atoms with E-state index in [2.05, 4.69) is 57.3 Å². The summed E-state index contributed by atoms with van der Waals surface area (Å²) in [6.07, 6.45) is -0.239. The summed E-state index contributed by atoms with van der Waals surface area (Å²) in [5, 5.41) is 9.79. The third-order valence-electron chi connectivity index (χ3n) is 8.01. The molecule has 1 aliphatic heterocycles. The Bertz CT molecular complexity index is 1650. The first kappa shape index (κ1) is 30.1. The molecular formula is C37H38N4O4. The second-order valence-corrected chi connectivity index (χ2v) is 12.4. The molecular weight excluding hydrogens is 564 g/mol. The zero-order valence-corrected chi connectivity index (χ0v) is 25.7. The zero-order valence-electron chi connectivity index (χ0n) is 25.7. The number of hydrogen-bond acceptors (Lipinski definition) is 7. The summed E-state index contributed by atoms with van der Waals surface area (Å²) in [5.41, 5.74) is 4.81. The van der Waals surface area contributed by atoms with Crippen molar-refractivity contribution in [2.75, 3.05) is 6.54 Å². The van der Waals surface area contributed by atoms with Gasteiger partial charge in [0.2, 0.25) is 5.96 Å². The molecule has 2 atom stereocenters. The van der Waals surface area contributed by atoms with Gasteiger partial charge < -0.3 is 14.8 Å². The van der Waals surface area contributed by atoms with Gasteiger partial charge in [0.25, 0.3) is 0 Å². The predicted octanol–water partition coefficient (Wildman–Crippen LogP) is 5.90. The number of aliphatic imine (C=N–C) groups is 1. The number of nitrogens with zero attached hydrogens (tertiary/aromatic N) is 1. The summed E-state index contributed by atoms with van der Waals surface area (Å²) in [4.78, 5) is 31.0. The standard InChI is InChI=1S/C37H38N4O4/c1-36(2,3)45-33(42)32(22-27-23-38-34(39-27)40-35(43)44-24-25-14-6-4-7-15-25)41-37(26-16-8-5-9-17-26)30-20-12-10-18-28(30)29-19-11-13-21-31(29)37/h4-21,27,32,41H,22-24H2,1-3H3,(H2,38,39,40,43)/t27-,32-/m0/s1. The lowest BCUT2D eigenvalue weighted by molar-refractivity contribution is -0.158. The number of nitrogens with one attached hydrogen (secondary N) is 3. The lowest BCUT2D eigenvalue weighted by atomic mass is 9.79. The van der Waals surface area contributed by atoms with Crippen LogP contribution in [0, 0.1) is 0 Å². The highest BCUT2D eigenvalue weighted by atomic mass is 16.6. The molecule has 8 heteroatoms. The maximum absolute atomic E-state index is 14.0. The summed E-state index contributed by atoms with van der Waals surface area (Å²) in [7, 11) is 0. The molecule has 230 valence electrons. The number of carbonyl (C=O) groups is 2. The molecule has 2 aliphatic rings. The van der Waals surface area contributed by atoms with Gasteiger partial charge in [0.1, 0.15) is 18.2 Å². The van der Waals surface area contributed by atoms with Crippen molar-refractivity contribution in [2.24, 2.45) is 4.99 Å². The van der Waals surface area contributed by atoms with E-state index >= 15 is 0 Å². The van der Waals surface area contributed by atoms with Crippen LogP contribution in [-0.2, 0) is 26.4 Å². The van der Waals surface area contributed by atoms with E-state index in [1.54, 1.807) is 0 Å². The van der Waals surface area contributed by atoms with Crippen molar-refractivity contribution >= 4 is 18.0 Å². The van der Waals surface area contributed by atoms with Crippen LogP contribution in [0.25, 0.3) is 11.1 Å². The van der Waals surface area contributed by atoms with Gasteiger partial charge in [0, 0.05) is 0 Å². The van der Waals surface area contributed by atoms with Crippen LogP contribution in [0.2, 0.25) is 0 Å². The van der Waals surface area contributed by atoms with Gasteiger partial charge in [-0.2, -0.15) is 0 Å². The molecule has 0 radical (unpaired) electrons. The van der Waals surface area contributed by atoms with Gasteiger partial charge in [-0.3, -0.25) is 20.4 Å². The largest absolute Gasteiger partial charge is 0.459 e. The van der Waals surface area contributed by atoms with Crippen LogP contribution in [0.1, 0.15) is 49.4 Å². The van der Waals surface area contributed by atoms with Crippen molar-refractivity contribution in [3.63, 3.8) is 0 Å². The molecule has 0 aromatic heterocycles. The third kappa shape index (κ3) is 6.47. The molecule has 0 saturated carbocycles. The molecule has 0 saturated heterocycles. The summed E-state index contributed by atoms with van der Waals surface area (Å²) in [5.74, 6) is -0.0412. The third-order valence-corrected chi connectivity index (χ3v) is 8.01. The van der Waals surface area contributed by atoms with Crippen LogP contribution in [-0.4, -0.2) is 42.3 Å². The molecule has 45 heavy (non-hydrogen) atoms. The summed E-state index contributed by atoms with van der Waals surface area (Å²) < 4.78 is 11.3. The van der Waals surface area contributed by atoms with Crippen LogP contribution < -0.4 is 16.0 Å². The molecule has 1 aliphatic carbocycles. The van der Waals surface area contributed by atoms with Gasteiger partial charge in [-0.15, -0.1) is 0 Å². The zero-order chi connectivity index (χ0) is 31.4. The molecule has 1 heterocycles. The van der Waals surface area contributed by atoms with Crippen molar-refractivity contribution in [1.29, 1.82) is 0 Å². The number of alkyl carbamates (subject to hydrolysis) is 1. The first-order chi connectivity index (χ1) is 21.7. The Labute approximate surface area is 263 Å². The molecule has 4 aromatic rings. The van der Waals surface area contributed by atoms with Crippen LogP contribution in [0.15, 0.2) is 114 Å². The fourth-order valence-electron chi connectivity index (χ4n) is 6.16. The van der Waals surface area contributed by atoms with Crippen LogP contribution >= 0.6 is 0 Å². The number of guanidine groups is 1. The Morgan fingerprint density at radius 2 is 1.44 bits per heavy atom. The van der Waals surface area contributed by atoms with E-state index in [0.717, 1.165) is 33.4 Å². The second kappa shape index (κ2) is 12.6. The minimum absolute atomic E-state index is 0.151. The topological polar surface area (TPSA) is 101 Å². The smallest absolute Gasteiger partial charge is 0.414 e. The van der Waals surface area contributed by atoms with Crippen molar-refractivity contribution in [3.8, 4) is 11.1 Å². The van der Waals surface area contributed by atoms with Crippen LogP contribution in [0.5, 0.6) is 0 Å². The number of amides is 1. The van der Waals surface area contributed by atoms with Gasteiger partial charge in [-0.25, -0.2) is 4.79 Å². The second-order valence-electron chi connectivity index (χ2n) is 12.4. The van der Waals surface area contributed by atoms with Crippen molar-refractivity contribution in [3.05, 3.63) is 131 Å². The Hall–Kier alpha value is -4.95. The highest BCUT2D eigenvalue weighted by Crippen LogP contribution is 2.51. The van der Waals surface area contributed by atoms with Gasteiger partial charge in [0.05, 0.1) is 18.1 Å². The van der Waals surface area contributed by atoms with E-state index in [1.807, 2.05) is 93.6 Å². The monoisotopic (exact) mass is 602 g/mol. The average molecular weight is 603 g/mol. The van der Waals surface area contributed by atoms with Crippen LogP contribution in [0.4, 0.5) is 4.79 Å². The number of hydrogen-bond donors (Lipinski definition) is 3. The molecule has 0 fully saturated rings. The van der Waals surface area contributed by atoms with E-state index < -0.39 is 23.3 Å². The normalized spacial score (nSPS) is 16.9. The van der Waals surface area contributed by atoms with Crippen LogP contribution in [0.3, 0.4) is 0 Å². The Morgan fingerprint density at radius 3 is 2.07 bits per heavy atom. The lowest BCUT2D eigenvalue weighted by Gasteiger charge is -2.38. The molecule has 0 unspecified atom stereocenters. The van der Waals surface area contributed by atoms with Crippen molar-refractivity contribution < 1.29 is 19.1 Å². The number of rotatable bonds is 8. The van der Waals surface area contributed by atoms with E-state index in [-0.39, 0.29) is 18.6 Å². The lowest BCUT2D eigenvalue weighted by Crippen LogP contribution is -2.55. The SMILES string of the molecule is CC(C)(C)OC(=O)[C@H](C[C@H]1CN=C(NC(=O)OCc2ccccc2)N1)NC1(c2ccccc2)c2ccccc2-c2ccccc21. The van der Waals surface area contributed by atoms with E-state index in [1.165, 1.54) is 0 Å². The summed E-state index contributed by atoms with van der Waals surface area (Å²) >= 11 is 0. The van der Waals surface area contributed by atoms with E-state index in [0.29, 0.717) is 18.9 Å². The number of benzene rings is 4. The first-order valence-electron chi connectivity index (χ1n) is 15.3. The number of carbonyl (C=O) groups excluding carboxylic acids is 2. The maximum Gasteiger partial charge on any atom is 0.414 e. The molecule has 1 amide bonds. The number of ether oxygens (including phenoxy) is 2. The van der Waals surface area contributed by atoms with Crippen molar-refractivity contribution in [1.82, 2.24) is 16.0 Å². The minimum Gasteiger partial charge on any atom is -0.459 e. The molecule has 8 nitrogen and oxygen atoms in total. The Morgan fingerprint density at radius 1 is 0.867 bits per heavy atom. The van der Waals surface area contributed by atoms with E-state index in [4.69, 9.17) is 9.47 Å². The molecule has 3 N–H and O–H groups in total. The van der Waals surface area contributed by atoms with Gasteiger partial charge in [-0.1, -0.05) is 109 Å². The fraction of sp³-hybridized carbons (Fsp3) is 0.270. The van der Waals surface area contributed by atoms with Gasteiger partial charge in [-0.05, 0) is 60.6 Å². The average Bonchev–Trinajstić information content (AvgIpc) is 3.60. The summed E-state index contributed by atoms with van der Waals surface area (Å²) in [6, 6.07) is 35.4. The molecule has 6 rings (SSSR count). The maximum atomic E-state index is 14.0. The highest BCUT2D eigenvalue weighted by Gasteiger charge is 2.47. The Balaban J connectivity index is 1.26. The Kier molecular flexibility index (Phi) is 8.41. The highest BCUT2D eigenvalue weighted by molar-refractivity contribution is 5.95. The predicted molar refractivity (Wildman–Crippen MR) is 175 cm³/mol. The minimum atomic E-state index is -0.808. The number of esters is 1. The molecule has 4 aromatic carbocycles. The van der Waals surface area contributed by atoms with E-state index in [9.17, 15) is 9.59 Å².